The van der Waals surface area contributed by atoms with Crippen molar-refractivity contribution in [2.75, 3.05) is 0 Å². The molecule has 0 amide bonds. The van der Waals surface area contributed by atoms with Crippen molar-refractivity contribution >= 4 is 0 Å². The van der Waals surface area contributed by atoms with Crippen LogP contribution in [0.5, 0.6) is 5.75 Å². The van der Waals surface area contributed by atoms with Crippen molar-refractivity contribution < 1.29 is 35.5 Å². The summed E-state index contributed by atoms with van der Waals surface area (Å²) in [5.74, 6) is -6.10. The smallest absolute Gasteiger partial charge is 0.399 e. The van der Waals surface area contributed by atoms with Crippen LogP contribution < -0.4 is 4.74 Å². The van der Waals surface area contributed by atoms with Gasteiger partial charge in [0.2, 0.25) is 5.75 Å². The van der Waals surface area contributed by atoms with E-state index in [1.165, 1.54) is 30.6 Å². The highest BCUT2D eigenvalue weighted by Gasteiger charge is 2.34. The molecule has 0 bridgehead atoms. The standard InChI is InChI=1S/C29H23F7N2O/c1-2-3-4-5-6-17-7-9-21(23(30)11-17)18-8-10-22(24(31)12-18)20-15-37-28(38-16-20)19-13-25(32)27(26(33)14-19)39-29(34,35)36/h7-16H,2-6H2,1H3. The average Bonchev–Trinajstić information content (AvgIpc) is 2.88. The van der Waals surface area contributed by atoms with E-state index in [0.717, 1.165) is 37.7 Å². The normalized spacial score (nSPS) is 11.6. The molecule has 0 aliphatic rings. The van der Waals surface area contributed by atoms with Gasteiger partial charge in [0.05, 0.1) is 0 Å². The summed E-state index contributed by atoms with van der Waals surface area (Å²) < 4.78 is 98.3. The maximum absolute atomic E-state index is 15.0. The maximum Gasteiger partial charge on any atom is 0.573 e. The third kappa shape index (κ3) is 6.93. The van der Waals surface area contributed by atoms with Crippen LogP contribution in [0.3, 0.4) is 0 Å². The predicted molar refractivity (Wildman–Crippen MR) is 133 cm³/mol. The van der Waals surface area contributed by atoms with Crippen LogP contribution in [0.4, 0.5) is 30.7 Å². The highest BCUT2D eigenvalue weighted by atomic mass is 19.4. The second-order valence-corrected chi connectivity index (χ2v) is 8.93. The molecule has 10 heteroatoms. The van der Waals surface area contributed by atoms with Crippen LogP contribution in [-0.4, -0.2) is 16.3 Å². The van der Waals surface area contributed by atoms with Gasteiger partial charge in [-0.15, -0.1) is 13.2 Å². The first-order valence-corrected chi connectivity index (χ1v) is 12.2. The molecular formula is C29H23F7N2O. The largest absolute Gasteiger partial charge is 0.573 e. The average molecular weight is 549 g/mol. The van der Waals surface area contributed by atoms with Gasteiger partial charge in [0.1, 0.15) is 11.6 Å². The zero-order valence-electron chi connectivity index (χ0n) is 20.8. The molecule has 0 saturated heterocycles. The Morgan fingerprint density at radius 1 is 0.667 bits per heavy atom. The van der Waals surface area contributed by atoms with Crippen molar-refractivity contribution in [2.24, 2.45) is 0 Å². The van der Waals surface area contributed by atoms with Crippen LogP contribution in [0.1, 0.15) is 38.2 Å². The number of benzene rings is 3. The second kappa shape index (κ2) is 11.8. The van der Waals surface area contributed by atoms with Crippen LogP contribution >= 0.6 is 0 Å². The fraction of sp³-hybridized carbons (Fsp3) is 0.241. The van der Waals surface area contributed by atoms with E-state index in [1.807, 2.05) is 6.07 Å². The number of nitrogens with zero attached hydrogens (tertiary/aromatic N) is 2. The molecule has 4 aromatic rings. The number of alkyl halides is 3. The fourth-order valence-corrected chi connectivity index (χ4v) is 4.14. The van der Waals surface area contributed by atoms with Crippen molar-refractivity contribution in [3.8, 4) is 39.4 Å². The monoisotopic (exact) mass is 548 g/mol. The molecule has 1 heterocycles. The number of rotatable bonds is 9. The number of halogens is 7. The summed E-state index contributed by atoms with van der Waals surface area (Å²) in [5.41, 5.74) is 1.56. The number of hydrogen-bond donors (Lipinski definition) is 0. The fourth-order valence-electron chi connectivity index (χ4n) is 4.14. The predicted octanol–water partition coefficient (Wildman–Crippen LogP) is 9.06. The van der Waals surface area contributed by atoms with Crippen molar-refractivity contribution in [1.82, 2.24) is 9.97 Å². The maximum atomic E-state index is 15.0. The number of aromatic nitrogens is 2. The van der Waals surface area contributed by atoms with Gasteiger partial charge in [-0.2, -0.15) is 0 Å². The minimum absolute atomic E-state index is 0.101. The molecule has 0 atom stereocenters. The first kappa shape index (κ1) is 28.1. The van der Waals surface area contributed by atoms with E-state index < -0.39 is 35.4 Å². The Morgan fingerprint density at radius 3 is 1.85 bits per heavy atom. The Kier molecular flexibility index (Phi) is 8.52. The van der Waals surface area contributed by atoms with Crippen molar-refractivity contribution in [3.05, 3.63) is 89.8 Å². The van der Waals surface area contributed by atoms with E-state index in [2.05, 4.69) is 21.6 Å². The SMILES string of the molecule is CCCCCCc1ccc(-c2ccc(-c3cnc(-c4cc(F)c(OC(F)(F)F)c(F)c4)nc3)c(F)c2)c(F)c1. The molecule has 39 heavy (non-hydrogen) atoms. The van der Waals surface area contributed by atoms with Gasteiger partial charge in [-0.05, 0) is 48.2 Å². The Bertz CT molecular complexity index is 1430. The van der Waals surface area contributed by atoms with E-state index in [-0.39, 0.29) is 28.1 Å². The molecule has 3 nitrogen and oxygen atoms in total. The molecule has 0 radical (unpaired) electrons. The lowest BCUT2D eigenvalue weighted by atomic mass is 9.98. The first-order valence-electron chi connectivity index (χ1n) is 12.2. The molecule has 3 aromatic carbocycles. The second-order valence-electron chi connectivity index (χ2n) is 8.93. The van der Waals surface area contributed by atoms with Gasteiger partial charge in [0.15, 0.2) is 17.5 Å². The number of ether oxygens (including phenoxy) is 1. The van der Waals surface area contributed by atoms with E-state index in [4.69, 9.17) is 0 Å². The molecule has 0 spiro atoms. The minimum Gasteiger partial charge on any atom is -0.399 e. The zero-order valence-corrected chi connectivity index (χ0v) is 20.8. The summed E-state index contributed by atoms with van der Waals surface area (Å²) in [7, 11) is 0. The number of aryl methyl sites for hydroxylation is 1. The van der Waals surface area contributed by atoms with Crippen LogP contribution in [0.2, 0.25) is 0 Å². The third-order valence-corrected chi connectivity index (χ3v) is 6.07. The molecular weight excluding hydrogens is 525 g/mol. The summed E-state index contributed by atoms with van der Waals surface area (Å²) in [6.07, 6.45) is 2.19. The Morgan fingerprint density at radius 2 is 1.26 bits per heavy atom. The lowest BCUT2D eigenvalue weighted by Gasteiger charge is -2.12. The Balaban J connectivity index is 1.52. The van der Waals surface area contributed by atoms with Gasteiger partial charge in [-0.1, -0.05) is 50.5 Å². The lowest BCUT2D eigenvalue weighted by Crippen LogP contribution is -2.19. The first-order chi connectivity index (χ1) is 18.6. The number of hydrogen-bond acceptors (Lipinski definition) is 3. The van der Waals surface area contributed by atoms with Crippen molar-refractivity contribution in [3.63, 3.8) is 0 Å². The molecule has 1 aromatic heterocycles. The van der Waals surface area contributed by atoms with Gasteiger partial charge in [-0.3, -0.25) is 0 Å². The summed E-state index contributed by atoms with van der Waals surface area (Å²) in [6, 6.07) is 10.3. The summed E-state index contributed by atoms with van der Waals surface area (Å²) in [4.78, 5) is 7.92. The van der Waals surface area contributed by atoms with Crippen LogP contribution in [0.25, 0.3) is 33.6 Å². The molecule has 204 valence electrons. The summed E-state index contributed by atoms with van der Waals surface area (Å²) in [6.45, 7) is 2.12. The van der Waals surface area contributed by atoms with Crippen LogP contribution in [0, 0.1) is 23.3 Å². The van der Waals surface area contributed by atoms with E-state index in [1.54, 1.807) is 12.1 Å². The van der Waals surface area contributed by atoms with Crippen LogP contribution in [-0.2, 0) is 6.42 Å². The quantitative estimate of drug-likeness (QED) is 0.155. The molecule has 0 saturated carbocycles. The lowest BCUT2D eigenvalue weighted by molar-refractivity contribution is -0.276. The highest BCUT2D eigenvalue weighted by Crippen LogP contribution is 2.33. The zero-order chi connectivity index (χ0) is 28.2. The third-order valence-electron chi connectivity index (χ3n) is 6.07. The topological polar surface area (TPSA) is 35.0 Å². The minimum atomic E-state index is -5.27. The van der Waals surface area contributed by atoms with E-state index in [0.29, 0.717) is 17.7 Å². The van der Waals surface area contributed by atoms with Gasteiger partial charge < -0.3 is 4.74 Å². The van der Waals surface area contributed by atoms with E-state index in [9.17, 15) is 30.7 Å². The van der Waals surface area contributed by atoms with Gasteiger partial charge in [0, 0.05) is 34.6 Å². The van der Waals surface area contributed by atoms with Gasteiger partial charge >= 0.3 is 6.36 Å². The van der Waals surface area contributed by atoms with Crippen LogP contribution in [0.15, 0.2) is 60.9 Å². The van der Waals surface area contributed by atoms with E-state index >= 15 is 0 Å². The Hall–Kier alpha value is -3.95. The summed E-state index contributed by atoms with van der Waals surface area (Å²) >= 11 is 0. The van der Waals surface area contributed by atoms with Crippen molar-refractivity contribution in [2.45, 2.75) is 45.4 Å². The number of unbranched alkanes of at least 4 members (excludes halogenated alkanes) is 3. The molecule has 4 rings (SSSR count). The molecule has 0 fully saturated rings. The Labute approximate surface area is 220 Å². The van der Waals surface area contributed by atoms with Gasteiger partial charge in [-0.25, -0.2) is 27.5 Å². The van der Waals surface area contributed by atoms with Crippen molar-refractivity contribution in [1.29, 1.82) is 0 Å². The summed E-state index contributed by atoms with van der Waals surface area (Å²) in [5, 5.41) is 0. The molecule has 0 unspecified atom stereocenters. The molecule has 0 aliphatic carbocycles. The van der Waals surface area contributed by atoms with Gasteiger partial charge in [0.25, 0.3) is 0 Å². The molecule has 0 aliphatic heterocycles. The molecule has 0 N–H and O–H groups in total. The highest BCUT2D eigenvalue weighted by molar-refractivity contribution is 5.71.